The monoisotopic (exact) mass is 266 g/mol. The molecule has 0 rings (SSSR count). The molecule has 0 atom stereocenters. The summed E-state index contributed by atoms with van der Waals surface area (Å²) >= 11 is 0. The first-order valence-electron chi connectivity index (χ1n) is 5.85. The maximum absolute atomic E-state index is 5.01. The zero-order chi connectivity index (χ0) is 12.4. The minimum atomic E-state index is 0. The Morgan fingerprint density at radius 1 is 0.625 bits per heavy atom. The van der Waals surface area contributed by atoms with Crippen LogP contribution in [-0.2, 0) is 16.8 Å². The standard InChI is InChI=1S/3C5H9.Co/c3*1-3-5-4-2;/h3*1,3H,4-5H2,2H3;/q3*-1;+3. The molecule has 0 aromatic carbocycles. The smallest absolute Gasteiger partial charge is 0.518 e. The van der Waals surface area contributed by atoms with E-state index >= 15 is 0 Å². The Labute approximate surface area is 114 Å². The van der Waals surface area contributed by atoms with E-state index in [1.165, 1.54) is 0 Å². The molecule has 0 aromatic heterocycles. The molecule has 0 radical (unpaired) electrons. The van der Waals surface area contributed by atoms with Crippen LogP contribution in [-0.4, -0.2) is 0 Å². The second-order valence-corrected chi connectivity index (χ2v) is 3.07. The topological polar surface area (TPSA) is 0 Å². The molecule has 96 valence electrons. The van der Waals surface area contributed by atoms with Gasteiger partial charge < -0.3 is 19.7 Å². The van der Waals surface area contributed by atoms with Gasteiger partial charge in [-0.05, 0) is 0 Å². The molecule has 16 heavy (non-hydrogen) atoms. The second kappa shape index (κ2) is 36.4. The zero-order valence-electron chi connectivity index (χ0n) is 11.0. The summed E-state index contributed by atoms with van der Waals surface area (Å²) < 4.78 is 0. The summed E-state index contributed by atoms with van der Waals surface area (Å²) in [6.45, 7) is 21.3. The molecule has 1 heteroatoms. The minimum Gasteiger partial charge on any atom is -0.518 e. The van der Waals surface area contributed by atoms with Crippen LogP contribution in [0.5, 0.6) is 0 Å². The molecule has 0 fully saturated rings. The molecular weight excluding hydrogens is 239 g/mol. The summed E-state index contributed by atoms with van der Waals surface area (Å²) in [4.78, 5) is 0. The molecule has 0 heterocycles. The van der Waals surface area contributed by atoms with E-state index in [4.69, 9.17) is 19.7 Å². The van der Waals surface area contributed by atoms with Gasteiger partial charge in [0.25, 0.3) is 0 Å². The molecule has 0 N–H and O–H groups in total. The van der Waals surface area contributed by atoms with Crippen molar-refractivity contribution in [3.63, 3.8) is 0 Å². The Hall–Kier alpha value is -0.274. The van der Waals surface area contributed by atoms with Crippen molar-refractivity contribution in [1.82, 2.24) is 0 Å². The van der Waals surface area contributed by atoms with E-state index in [1.54, 1.807) is 18.2 Å². The van der Waals surface area contributed by atoms with Gasteiger partial charge in [0, 0.05) is 0 Å². The SMILES string of the molecule is [CH-]=CCCC.[CH-]=CCCC.[CH-]=CCCC.[Co+3]. The van der Waals surface area contributed by atoms with Gasteiger partial charge in [-0.3, -0.25) is 18.2 Å². The van der Waals surface area contributed by atoms with Crippen molar-refractivity contribution < 1.29 is 16.8 Å². The van der Waals surface area contributed by atoms with Crippen molar-refractivity contribution in [3.8, 4) is 0 Å². The Bertz CT molecular complexity index is 92.8. The maximum atomic E-state index is 5.01. The van der Waals surface area contributed by atoms with Gasteiger partial charge >= 0.3 is 16.8 Å². The first-order valence-corrected chi connectivity index (χ1v) is 5.85. The number of allylic oxidation sites excluding steroid dienone is 3. The van der Waals surface area contributed by atoms with Gasteiger partial charge in [-0.15, -0.1) is 0 Å². The van der Waals surface area contributed by atoms with E-state index in [9.17, 15) is 0 Å². The van der Waals surface area contributed by atoms with Crippen LogP contribution in [0.2, 0.25) is 0 Å². The van der Waals surface area contributed by atoms with Gasteiger partial charge in [0.05, 0.1) is 0 Å². The van der Waals surface area contributed by atoms with E-state index in [-0.39, 0.29) is 16.8 Å². The van der Waals surface area contributed by atoms with Crippen LogP contribution in [0.15, 0.2) is 18.2 Å². The predicted molar refractivity (Wildman–Crippen MR) is 71.3 cm³/mol. The van der Waals surface area contributed by atoms with Crippen molar-refractivity contribution in [2.24, 2.45) is 0 Å². The fourth-order valence-corrected chi connectivity index (χ4v) is 0.500. The Morgan fingerprint density at radius 2 is 0.812 bits per heavy atom. The van der Waals surface area contributed by atoms with Crippen molar-refractivity contribution in [1.29, 1.82) is 0 Å². The molecular formula is C15H27Co. The summed E-state index contributed by atoms with van der Waals surface area (Å²) in [5.41, 5.74) is 0. The van der Waals surface area contributed by atoms with Gasteiger partial charge in [0.2, 0.25) is 0 Å². The van der Waals surface area contributed by atoms with E-state index < -0.39 is 0 Å². The third kappa shape index (κ3) is 67.8. The third-order valence-electron chi connectivity index (χ3n) is 1.37. The average Bonchev–Trinajstić information content (AvgIpc) is 2.23. The summed E-state index contributed by atoms with van der Waals surface area (Å²) in [6, 6.07) is 0. The van der Waals surface area contributed by atoms with Crippen LogP contribution >= 0.6 is 0 Å². The Morgan fingerprint density at radius 3 is 0.812 bits per heavy atom. The fraction of sp³-hybridized carbons (Fsp3) is 0.600. The van der Waals surface area contributed by atoms with E-state index in [2.05, 4.69) is 20.8 Å². The average molecular weight is 266 g/mol. The van der Waals surface area contributed by atoms with Crippen LogP contribution in [0.1, 0.15) is 59.3 Å². The van der Waals surface area contributed by atoms with Crippen LogP contribution in [0.4, 0.5) is 0 Å². The summed E-state index contributed by atoms with van der Waals surface area (Å²) in [5.74, 6) is 0. The van der Waals surface area contributed by atoms with Gasteiger partial charge in [-0.1, -0.05) is 59.3 Å². The molecule has 0 saturated heterocycles. The van der Waals surface area contributed by atoms with Crippen molar-refractivity contribution in [3.05, 3.63) is 38.0 Å². The molecule has 0 aromatic rings. The summed E-state index contributed by atoms with van der Waals surface area (Å²) in [6.07, 6.45) is 11.7. The molecule has 0 aliphatic carbocycles. The zero-order valence-corrected chi connectivity index (χ0v) is 12.1. The maximum Gasteiger partial charge on any atom is 3.00 e. The normalized spacial score (nSPS) is 6.94. The van der Waals surface area contributed by atoms with Gasteiger partial charge in [-0.25, -0.2) is 0 Å². The quantitative estimate of drug-likeness (QED) is 0.570. The molecule has 0 saturated carbocycles. The van der Waals surface area contributed by atoms with Crippen LogP contribution < -0.4 is 0 Å². The molecule has 0 bridgehead atoms. The Balaban J connectivity index is -0.0000000655. The number of unbranched alkanes of at least 4 members (excludes halogenated alkanes) is 3. The molecule has 0 aliphatic rings. The molecule has 0 amide bonds. The van der Waals surface area contributed by atoms with Crippen molar-refractivity contribution >= 4 is 0 Å². The largest absolute Gasteiger partial charge is 3.00 e. The molecule has 0 spiro atoms. The van der Waals surface area contributed by atoms with Gasteiger partial charge in [-0.2, -0.15) is 0 Å². The summed E-state index contributed by atoms with van der Waals surface area (Å²) in [7, 11) is 0. The number of hydrogen-bond acceptors (Lipinski definition) is 0. The van der Waals surface area contributed by atoms with Crippen LogP contribution in [0.25, 0.3) is 0 Å². The Kier molecular flexibility index (Phi) is 56.5. The van der Waals surface area contributed by atoms with Crippen LogP contribution in [0, 0.1) is 19.7 Å². The van der Waals surface area contributed by atoms with E-state index in [1.807, 2.05) is 0 Å². The second-order valence-electron chi connectivity index (χ2n) is 3.07. The first kappa shape index (κ1) is 24.8. The van der Waals surface area contributed by atoms with E-state index in [0.29, 0.717) is 0 Å². The molecule has 0 unspecified atom stereocenters. The predicted octanol–water partition coefficient (Wildman–Crippen LogP) is 5.32. The first-order chi connectivity index (χ1) is 7.24. The van der Waals surface area contributed by atoms with Gasteiger partial charge in [0.1, 0.15) is 0 Å². The van der Waals surface area contributed by atoms with Gasteiger partial charge in [0.15, 0.2) is 0 Å². The molecule has 0 aliphatic heterocycles. The fourth-order valence-electron chi connectivity index (χ4n) is 0.500. The van der Waals surface area contributed by atoms with E-state index in [0.717, 1.165) is 38.5 Å². The minimum absolute atomic E-state index is 0. The van der Waals surface area contributed by atoms with Crippen LogP contribution in [0.3, 0.4) is 0 Å². The third-order valence-corrected chi connectivity index (χ3v) is 1.37. The molecule has 0 nitrogen and oxygen atoms in total. The van der Waals surface area contributed by atoms with Crippen molar-refractivity contribution in [2.45, 2.75) is 59.3 Å². The number of rotatable bonds is 6. The summed E-state index contributed by atoms with van der Waals surface area (Å²) in [5, 5.41) is 0. The van der Waals surface area contributed by atoms with Crippen molar-refractivity contribution in [2.75, 3.05) is 0 Å². The number of hydrogen-bond donors (Lipinski definition) is 0.